The van der Waals surface area contributed by atoms with Crippen molar-refractivity contribution in [2.45, 2.75) is 6.92 Å². The summed E-state index contributed by atoms with van der Waals surface area (Å²) in [5.74, 6) is -2.28. The van der Waals surface area contributed by atoms with Gasteiger partial charge in [0.05, 0.1) is 16.1 Å². The summed E-state index contributed by atoms with van der Waals surface area (Å²) in [6.07, 6.45) is 0. The number of ether oxygens (including phenoxy) is 1. The molecule has 2 aromatic carbocycles. The van der Waals surface area contributed by atoms with Crippen LogP contribution in [0.2, 0.25) is 0 Å². The van der Waals surface area contributed by atoms with Gasteiger partial charge in [-0.15, -0.1) is 0 Å². The van der Waals surface area contributed by atoms with E-state index in [1.165, 1.54) is 43.3 Å². The summed E-state index contributed by atoms with van der Waals surface area (Å²) in [5.41, 5.74) is -0.280. The van der Waals surface area contributed by atoms with Gasteiger partial charge in [0, 0.05) is 11.6 Å². The largest absolute Gasteiger partial charge is 0.454 e. The van der Waals surface area contributed by atoms with E-state index >= 15 is 0 Å². The molecule has 0 bridgehead atoms. The SMILES string of the molecule is Cc1c(C(=O)OCC(=O)c2ccccc2F)cccc1[N+](=O)[O-]. The zero-order chi connectivity index (χ0) is 17.0. The van der Waals surface area contributed by atoms with Crippen LogP contribution >= 0.6 is 0 Å². The fraction of sp³-hybridized carbons (Fsp3) is 0.125. The lowest BCUT2D eigenvalue weighted by Crippen LogP contribution is -2.16. The van der Waals surface area contributed by atoms with E-state index in [1.807, 2.05) is 0 Å². The summed E-state index contributed by atoms with van der Waals surface area (Å²) < 4.78 is 18.3. The summed E-state index contributed by atoms with van der Waals surface area (Å²) in [4.78, 5) is 34.0. The number of nitro groups is 1. The van der Waals surface area contributed by atoms with Gasteiger partial charge in [-0.25, -0.2) is 9.18 Å². The number of carbonyl (C=O) groups excluding carboxylic acids is 2. The molecule has 0 saturated carbocycles. The average Bonchev–Trinajstić information content (AvgIpc) is 2.52. The minimum atomic E-state index is -0.879. The van der Waals surface area contributed by atoms with Crippen molar-refractivity contribution in [3.63, 3.8) is 0 Å². The van der Waals surface area contributed by atoms with E-state index < -0.39 is 29.1 Å². The molecule has 118 valence electrons. The van der Waals surface area contributed by atoms with Crippen LogP contribution < -0.4 is 0 Å². The van der Waals surface area contributed by atoms with Crippen LogP contribution in [0, 0.1) is 22.9 Å². The molecule has 2 aromatic rings. The highest BCUT2D eigenvalue weighted by molar-refractivity contribution is 6.00. The molecule has 23 heavy (non-hydrogen) atoms. The Balaban J connectivity index is 2.12. The molecule has 0 N–H and O–H groups in total. The third-order valence-corrected chi connectivity index (χ3v) is 3.23. The van der Waals surface area contributed by atoms with Crippen LogP contribution in [0.5, 0.6) is 0 Å². The van der Waals surface area contributed by atoms with Crippen molar-refractivity contribution in [3.8, 4) is 0 Å². The van der Waals surface area contributed by atoms with Crippen LogP contribution in [0.1, 0.15) is 26.3 Å². The third kappa shape index (κ3) is 3.57. The van der Waals surface area contributed by atoms with Gasteiger partial charge < -0.3 is 4.74 Å². The lowest BCUT2D eigenvalue weighted by atomic mass is 10.1. The smallest absolute Gasteiger partial charge is 0.339 e. The normalized spacial score (nSPS) is 10.2. The maximum absolute atomic E-state index is 13.5. The minimum absolute atomic E-state index is 0.0134. The Morgan fingerprint density at radius 1 is 1.13 bits per heavy atom. The summed E-state index contributed by atoms with van der Waals surface area (Å²) in [7, 11) is 0. The topological polar surface area (TPSA) is 86.5 Å². The standard InChI is InChI=1S/C16H12FNO5/c1-10-11(6-4-8-14(10)18(21)22)16(20)23-9-15(19)12-5-2-3-7-13(12)17/h2-8H,9H2,1H3. The lowest BCUT2D eigenvalue weighted by Gasteiger charge is -2.07. The molecule has 0 atom stereocenters. The third-order valence-electron chi connectivity index (χ3n) is 3.23. The van der Waals surface area contributed by atoms with Crippen LogP contribution in [0.4, 0.5) is 10.1 Å². The first-order chi connectivity index (χ1) is 10.9. The number of benzene rings is 2. The lowest BCUT2D eigenvalue weighted by molar-refractivity contribution is -0.385. The van der Waals surface area contributed by atoms with Gasteiger partial charge in [-0.1, -0.05) is 18.2 Å². The molecule has 6 nitrogen and oxygen atoms in total. The molecule has 0 aromatic heterocycles. The quantitative estimate of drug-likeness (QED) is 0.366. The van der Waals surface area contributed by atoms with Crippen molar-refractivity contribution in [1.29, 1.82) is 0 Å². The van der Waals surface area contributed by atoms with Crippen LogP contribution in [-0.4, -0.2) is 23.3 Å². The molecule has 0 aliphatic carbocycles. The number of hydrogen-bond acceptors (Lipinski definition) is 5. The number of rotatable bonds is 5. The number of hydrogen-bond donors (Lipinski definition) is 0. The first-order valence-electron chi connectivity index (χ1n) is 6.60. The van der Waals surface area contributed by atoms with E-state index in [4.69, 9.17) is 4.74 Å². The van der Waals surface area contributed by atoms with Gasteiger partial charge in [0.2, 0.25) is 5.78 Å². The van der Waals surface area contributed by atoms with Gasteiger partial charge in [0.25, 0.3) is 5.69 Å². The number of nitro benzene ring substituents is 1. The van der Waals surface area contributed by atoms with Gasteiger partial charge in [0.15, 0.2) is 6.61 Å². The first-order valence-corrected chi connectivity index (χ1v) is 6.60. The molecule has 7 heteroatoms. The zero-order valence-corrected chi connectivity index (χ0v) is 12.1. The second-order valence-electron chi connectivity index (χ2n) is 4.69. The van der Waals surface area contributed by atoms with Gasteiger partial charge in [0.1, 0.15) is 5.82 Å². The van der Waals surface area contributed by atoms with E-state index in [0.29, 0.717) is 0 Å². The maximum Gasteiger partial charge on any atom is 0.339 e. The van der Waals surface area contributed by atoms with Crippen LogP contribution in [0.3, 0.4) is 0 Å². The number of esters is 1. The second kappa shape index (κ2) is 6.78. The Bertz CT molecular complexity index is 788. The summed E-state index contributed by atoms with van der Waals surface area (Å²) >= 11 is 0. The average molecular weight is 317 g/mol. The molecule has 0 unspecified atom stereocenters. The highest BCUT2D eigenvalue weighted by Gasteiger charge is 2.20. The maximum atomic E-state index is 13.5. The van der Waals surface area contributed by atoms with Gasteiger partial charge >= 0.3 is 5.97 Å². The molecule has 0 heterocycles. The van der Waals surface area contributed by atoms with Gasteiger partial charge in [-0.2, -0.15) is 0 Å². The van der Waals surface area contributed by atoms with Crippen LogP contribution in [0.25, 0.3) is 0 Å². The molecule has 0 aliphatic rings. The van der Waals surface area contributed by atoms with Crippen LogP contribution in [0.15, 0.2) is 42.5 Å². The minimum Gasteiger partial charge on any atom is -0.454 e. The van der Waals surface area contributed by atoms with E-state index in [1.54, 1.807) is 0 Å². The van der Waals surface area contributed by atoms with Crippen molar-refractivity contribution >= 4 is 17.4 Å². The summed E-state index contributed by atoms with van der Waals surface area (Å²) in [5, 5.41) is 10.8. The first kappa shape index (κ1) is 16.3. The van der Waals surface area contributed by atoms with Gasteiger partial charge in [-0.05, 0) is 25.1 Å². The highest BCUT2D eigenvalue weighted by Crippen LogP contribution is 2.21. The van der Waals surface area contributed by atoms with E-state index in [-0.39, 0.29) is 22.4 Å². The Kier molecular flexibility index (Phi) is 4.80. The molecular weight excluding hydrogens is 305 g/mol. The number of carbonyl (C=O) groups is 2. The monoisotopic (exact) mass is 317 g/mol. The number of nitrogens with zero attached hydrogens (tertiary/aromatic N) is 1. The molecular formula is C16H12FNO5. The fourth-order valence-corrected chi connectivity index (χ4v) is 2.02. The van der Waals surface area contributed by atoms with Crippen molar-refractivity contribution in [1.82, 2.24) is 0 Å². The van der Waals surface area contributed by atoms with Crippen molar-refractivity contribution in [2.24, 2.45) is 0 Å². The Labute approximate surface area is 130 Å². The van der Waals surface area contributed by atoms with Crippen molar-refractivity contribution in [2.75, 3.05) is 6.61 Å². The van der Waals surface area contributed by atoms with E-state index in [9.17, 15) is 24.1 Å². The summed E-state index contributed by atoms with van der Waals surface area (Å²) in [6, 6.07) is 9.30. The molecule has 2 rings (SSSR count). The molecule has 0 saturated heterocycles. The van der Waals surface area contributed by atoms with E-state index in [2.05, 4.69) is 0 Å². The summed E-state index contributed by atoms with van der Waals surface area (Å²) in [6.45, 7) is 0.759. The predicted molar refractivity (Wildman–Crippen MR) is 78.8 cm³/mol. The van der Waals surface area contributed by atoms with Crippen molar-refractivity contribution < 1.29 is 23.6 Å². The number of Topliss-reactive ketones (excluding diaryl/α,β-unsaturated/α-hetero) is 1. The zero-order valence-electron chi connectivity index (χ0n) is 12.1. The predicted octanol–water partition coefficient (Wildman–Crippen LogP) is 3.08. The Morgan fingerprint density at radius 3 is 2.43 bits per heavy atom. The number of ketones is 1. The van der Waals surface area contributed by atoms with Crippen molar-refractivity contribution in [3.05, 3.63) is 75.1 Å². The second-order valence-corrected chi connectivity index (χ2v) is 4.69. The molecule has 0 spiro atoms. The van der Waals surface area contributed by atoms with Gasteiger partial charge in [-0.3, -0.25) is 14.9 Å². The fourth-order valence-electron chi connectivity index (χ4n) is 2.02. The highest BCUT2D eigenvalue weighted by atomic mass is 19.1. The Morgan fingerprint density at radius 2 is 1.78 bits per heavy atom. The molecule has 0 amide bonds. The Hall–Kier alpha value is -3.09. The molecule has 0 fully saturated rings. The molecule has 0 radical (unpaired) electrons. The molecule has 0 aliphatic heterocycles. The van der Waals surface area contributed by atoms with Crippen LogP contribution in [-0.2, 0) is 4.74 Å². The number of halogens is 1. The van der Waals surface area contributed by atoms with E-state index in [0.717, 1.165) is 6.07 Å².